The number of rotatable bonds is 10. The average Bonchev–Trinajstić information content (AvgIpc) is 3.48. The Hall–Kier alpha value is -3.81. The number of carbonyl (C=O) groups is 1. The van der Waals surface area contributed by atoms with Crippen molar-refractivity contribution in [3.05, 3.63) is 72.3 Å². The van der Waals surface area contributed by atoms with E-state index in [4.69, 9.17) is 14.5 Å². The molecule has 8 nitrogen and oxygen atoms in total. The summed E-state index contributed by atoms with van der Waals surface area (Å²) in [6, 6.07) is 13.6. The number of guanidine groups is 1. The van der Waals surface area contributed by atoms with Crippen LogP contribution < -0.4 is 14.8 Å². The van der Waals surface area contributed by atoms with Crippen LogP contribution in [0.15, 0.2) is 66.2 Å². The minimum Gasteiger partial charge on any atom is -0.492 e. The Labute approximate surface area is 199 Å². The highest BCUT2D eigenvalue weighted by Gasteiger charge is 2.40. The van der Waals surface area contributed by atoms with Crippen molar-refractivity contribution in [3.8, 4) is 11.5 Å². The molecule has 1 amide bonds. The van der Waals surface area contributed by atoms with Crippen molar-refractivity contribution >= 4 is 17.6 Å². The van der Waals surface area contributed by atoms with Gasteiger partial charge in [0.1, 0.15) is 6.04 Å². The first kappa shape index (κ1) is 22.0. The first-order valence-corrected chi connectivity index (χ1v) is 11.7. The number of methoxy groups -OCH3 is 1. The molecule has 176 valence electrons. The zero-order valence-corrected chi connectivity index (χ0v) is 19.3. The first-order chi connectivity index (χ1) is 16.7. The third-order valence-corrected chi connectivity index (χ3v) is 6.29. The molecule has 1 unspecified atom stereocenters. The number of hydrogen-bond donors (Lipinski definition) is 1. The topological polar surface area (TPSA) is 81.0 Å². The van der Waals surface area contributed by atoms with Crippen molar-refractivity contribution in [1.82, 2.24) is 19.8 Å². The fourth-order valence-corrected chi connectivity index (χ4v) is 4.52. The van der Waals surface area contributed by atoms with Gasteiger partial charge in [-0.15, -0.1) is 0 Å². The number of amides is 1. The lowest BCUT2D eigenvalue weighted by Gasteiger charge is -2.29. The smallest absolute Gasteiger partial charge is 0.249 e. The molecule has 0 spiro atoms. The van der Waals surface area contributed by atoms with Crippen molar-refractivity contribution in [3.63, 3.8) is 0 Å². The van der Waals surface area contributed by atoms with Gasteiger partial charge >= 0.3 is 0 Å². The Morgan fingerprint density at radius 1 is 1.12 bits per heavy atom. The highest BCUT2D eigenvalue weighted by atomic mass is 16.5. The summed E-state index contributed by atoms with van der Waals surface area (Å²) in [5, 5.41) is 2.94. The molecular weight excluding hydrogens is 430 g/mol. The molecule has 0 radical (unpaired) electrons. The normalized spacial score (nSPS) is 16.5. The molecule has 3 heterocycles. The minimum absolute atomic E-state index is 0.0263. The van der Waals surface area contributed by atoms with E-state index in [-0.39, 0.29) is 11.9 Å². The summed E-state index contributed by atoms with van der Waals surface area (Å²) in [5.41, 5.74) is 2.86. The van der Waals surface area contributed by atoms with Crippen LogP contribution in [-0.2, 0) is 24.3 Å². The molecule has 1 aromatic heterocycles. The molecular formula is C26H29N5O3. The van der Waals surface area contributed by atoms with E-state index < -0.39 is 0 Å². The van der Waals surface area contributed by atoms with Crippen LogP contribution in [0.25, 0.3) is 0 Å². The van der Waals surface area contributed by atoms with E-state index in [1.54, 1.807) is 13.3 Å². The molecule has 2 aromatic carbocycles. The lowest BCUT2D eigenvalue weighted by molar-refractivity contribution is -0.121. The Morgan fingerprint density at radius 2 is 2.00 bits per heavy atom. The molecule has 1 saturated heterocycles. The van der Waals surface area contributed by atoms with Crippen LogP contribution in [-0.4, -0.2) is 46.1 Å². The summed E-state index contributed by atoms with van der Waals surface area (Å²) < 4.78 is 13.9. The molecule has 34 heavy (non-hydrogen) atoms. The predicted molar refractivity (Wildman–Crippen MR) is 129 cm³/mol. The molecule has 0 bridgehead atoms. The summed E-state index contributed by atoms with van der Waals surface area (Å²) in [4.78, 5) is 23.5. The van der Waals surface area contributed by atoms with E-state index in [2.05, 4.69) is 14.9 Å². The number of aromatic nitrogens is 2. The van der Waals surface area contributed by atoms with E-state index in [1.807, 2.05) is 59.9 Å². The van der Waals surface area contributed by atoms with Crippen LogP contribution >= 0.6 is 0 Å². The number of imidazole rings is 1. The summed E-state index contributed by atoms with van der Waals surface area (Å²) in [5.74, 6) is 1.98. The van der Waals surface area contributed by atoms with E-state index in [9.17, 15) is 4.79 Å². The zero-order valence-electron chi connectivity index (χ0n) is 19.3. The second-order valence-corrected chi connectivity index (χ2v) is 8.56. The minimum atomic E-state index is -0.306. The van der Waals surface area contributed by atoms with Crippen LogP contribution in [0.2, 0.25) is 0 Å². The van der Waals surface area contributed by atoms with Gasteiger partial charge in [0.15, 0.2) is 11.5 Å². The number of unbranched alkanes of at least 4 members (excludes halogenated alkanes) is 2. The van der Waals surface area contributed by atoms with E-state index in [1.165, 1.54) is 0 Å². The molecule has 0 saturated carbocycles. The van der Waals surface area contributed by atoms with Gasteiger partial charge < -0.3 is 18.9 Å². The maximum Gasteiger partial charge on any atom is 0.249 e. The second kappa shape index (κ2) is 9.99. The number of benzene rings is 2. The molecule has 5 rings (SSSR count). The molecule has 1 fully saturated rings. The van der Waals surface area contributed by atoms with Crippen LogP contribution in [0.3, 0.4) is 0 Å². The third-order valence-electron chi connectivity index (χ3n) is 6.29. The Morgan fingerprint density at radius 3 is 2.79 bits per heavy atom. The Bertz CT molecular complexity index is 1160. The van der Waals surface area contributed by atoms with Gasteiger partial charge in [-0.3, -0.25) is 10.1 Å². The standard InChI is InChI=1S/C26H29N5O3/c1-33-24-20-17-31-22(16-19-8-4-2-5-9-19)25(32)29-26(31)28-21(20)10-11-23(24)34-15-7-3-6-13-30-14-12-27-18-30/h2,4-5,8-12,14,18,22H,3,6-7,13,15-17H2,1H3,(H,28,29,32). The van der Waals surface area contributed by atoms with Gasteiger partial charge in [0.05, 0.1) is 32.3 Å². The molecule has 1 atom stereocenters. The second-order valence-electron chi connectivity index (χ2n) is 8.56. The van der Waals surface area contributed by atoms with Crippen LogP contribution in [0, 0.1) is 0 Å². The predicted octanol–water partition coefficient (Wildman–Crippen LogP) is 3.69. The average molecular weight is 460 g/mol. The lowest BCUT2D eigenvalue weighted by Crippen LogP contribution is -2.38. The van der Waals surface area contributed by atoms with E-state index >= 15 is 0 Å². The van der Waals surface area contributed by atoms with Gasteiger partial charge in [-0.2, -0.15) is 0 Å². The number of aryl methyl sites for hydroxylation is 1. The molecule has 0 aliphatic carbocycles. The summed E-state index contributed by atoms with van der Waals surface area (Å²) in [6.07, 6.45) is 9.36. The van der Waals surface area contributed by atoms with Gasteiger partial charge in [0.25, 0.3) is 0 Å². The lowest BCUT2D eigenvalue weighted by atomic mass is 10.0. The van der Waals surface area contributed by atoms with Crippen molar-refractivity contribution in [2.75, 3.05) is 13.7 Å². The summed E-state index contributed by atoms with van der Waals surface area (Å²) in [7, 11) is 1.65. The van der Waals surface area contributed by atoms with Crippen molar-refractivity contribution in [2.24, 2.45) is 4.99 Å². The quantitative estimate of drug-likeness (QED) is 0.468. The zero-order chi connectivity index (χ0) is 23.3. The third kappa shape index (κ3) is 4.62. The number of hydrogen-bond acceptors (Lipinski definition) is 6. The van der Waals surface area contributed by atoms with Crippen LogP contribution in [0.5, 0.6) is 11.5 Å². The van der Waals surface area contributed by atoms with Gasteiger partial charge in [-0.05, 0) is 37.0 Å². The van der Waals surface area contributed by atoms with Crippen LogP contribution in [0.1, 0.15) is 30.4 Å². The fourth-order valence-electron chi connectivity index (χ4n) is 4.52. The van der Waals surface area contributed by atoms with E-state index in [0.29, 0.717) is 37.0 Å². The maximum atomic E-state index is 12.7. The number of nitrogens with one attached hydrogen (secondary N) is 1. The summed E-state index contributed by atoms with van der Waals surface area (Å²) >= 11 is 0. The molecule has 3 aromatic rings. The Kier molecular flexibility index (Phi) is 6.46. The highest BCUT2D eigenvalue weighted by molar-refractivity contribution is 6.08. The number of carbonyl (C=O) groups excluding carboxylic acids is 1. The maximum absolute atomic E-state index is 12.7. The monoisotopic (exact) mass is 459 g/mol. The number of aliphatic imine (C=N–C) groups is 1. The van der Waals surface area contributed by atoms with Crippen molar-refractivity contribution in [1.29, 1.82) is 0 Å². The van der Waals surface area contributed by atoms with Gasteiger partial charge in [-0.1, -0.05) is 30.3 Å². The number of nitrogens with zero attached hydrogens (tertiary/aromatic N) is 4. The van der Waals surface area contributed by atoms with Crippen LogP contribution in [0.4, 0.5) is 5.69 Å². The molecule has 2 aliphatic rings. The molecule has 1 N–H and O–H groups in total. The number of fused-ring (bicyclic) bond motifs is 2. The molecule has 2 aliphatic heterocycles. The van der Waals surface area contributed by atoms with Crippen molar-refractivity contribution in [2.45, 2.75) is 44.8 Å². The van der Waals surface area contributed by atoms with Gasteiger partial charge in [0.2, 0.25) is 11.9 Å². The first-order valence-electron chi connectivity index (χ1n) is 11.7. The largest absolute Gasteiger partial charge is 0.492 e. The summed E-state index contributed by atoms with van der Waals surface area (Å²) in [6.45, 7) is 2.12. The van der Waals surface area contributed by atoms with Gasteiger partial charge in [0, 0.05) is 30.9 Å². The fraction of sp³-hybridized carbons (Fsp3) is 0.346. The highest BCUT2D eigenvalue weighted by Crippen LogP contribution is 2.41. The Balaban J connectivity index is 1.24. The van der Waals surface area contributed by atoms with Gasteiger partial charge in [-0.25, -0.2) is 9.98 Å². The van der Waals surface area contributed by atoms with Crippen molar-refractivity contribution < 1.29 is 14.3 Å². The molecule has 8 heteroatoms. The SMILES string of the molecule is COc1c(OCCCCCn2ccnc2)ccc2c1CN1C(=N2)NC(=O)C1Cc1ccccc1. The van der Waals surface area contributed by atoms with E-state index in [0.717, 1.165) is 42.6 Å². The number of ether oxygens (including phenoxy) is 2.